The van der Waals surface area contributed by atoms with Gasteiger partial charge in [-0.3, -0.25) is 0 Å². The number of rotatable bonds is 5. The Bertz CT molecular complexity index is 731. The highest BCUT2D eigenvalue weighted by Gasteiger charge is 2.32. The first-order valence-electron chi connectivity index (χ1n) is 8.58. The summed E-state index contributed by atoms with van der Waals surface area (Å²) in [6.07, 6.45) is -1.87. The van der Waals surface area contributed by atoms with Crippen molar-refractivity contribution in [1.82, 2.24) is 9.88 Å². The highest BCUT2D eigenvalue weighted by molar-refractivity contribution is 7.99. The number of hydrogen-bond acceptors (Lipinski definition) is 3. The normalized spacial score (nSPS) is 16.8. The van der Waals surface area contributed by atoms with E-state index in [0.717, 1.165) is 37.0 Å². The number of nitrogens with zero attached hydrogens (tertiary/aromatic N) is 2. The molecular weight excluding hydrogens is 381 g/mol. The first kappa shape index (κ1) is 19.5. The minimum Gasteiger partial charge on any atom is -0.303 e. The van der Waals surface area contributed by atoms with Crippen LogP contribution < -0.4 is 0 Å². The van der Waals surface area contributed by atoms with Gasteiger partial charge in [0.15, 0.2) is 0 Å². The highest BCUT2D eigenvalue weighted by atomic mass is 35.5. The van der Waals surface area contributed by atoms with Crippen molar-refractivity contribution in [3.05, 3.63) is 58.7 Å². The van der Waals surface area contributed by atoms with Gasteiger partial charge in [0.2, 0.25) is 0 Å². The summed E-state index contributed by atoms with van der Waals surface area (Å²) in [6, 6.07) is 11.5. The number of pyridine rings is 1. The molecule has 2 nitrogen and oxygen atoms in total. The second kappa shape index (κ2) is 8.63. The Morgan fingerprint density at radius 1 is 1.08 bits per heavy atom. The number of hydrogen-bond donors (Lipinski definition) is 0. The van der Waals surface area contributed by atoms with Crippen LogP contribution in [0.4, 0.5) is 13.2 Å². The van der Waals surface area contributed by atoms with Crippen LogP contribution >= 0.6 is 23.4 Å². The molecule has 0 amide bonds. The van der Waals surface area contributed by atoms with Gasteiger partial charge in [-0.2, -0.15) is 13.2 Å². The number of likely N-dealkylation sites (tertiary alicyclic amines) is 1. The predicted molar refractivity (Wildman–Crippen MR) is 99.7 cm³/mol. The van der Waals surface area contributed by atoms with Gasteiger partial charge in [0, 0.05) is 11.8 Å². The van der Waals surface area contributed by atoms with E-state index in [-0.39, 0.29) is 0 Å². The van der Waals surface area contributed by atoms with E-state index in [9.17, 15) is 13.2 Å². The lowest BCUT2D eigenvalue weighted by Gasteiger charge is -2.31. The summed E-state index contributed by atoms with van der Waals surface area (Å²) in [6.45, 7) is 2.44. The van der Waals surface area contributed by atoms with Crippen LogP contribution in [0.2, 0.25) is 5.15 Å². The van der Waals surface area contributed by atoms with Crippen molar-refractivity contribution in [3.63, 3.8) is 0 Å². The van der Waals surface area contributed by atoms with Crippen LogP contribution in [0.5, 0.6) is 0 Å². The van der Waals surface area contributed by atoms with Gasteiger partial charge < -0.3 is 4.90 Å². The average molecular weight is 401 g/mol. The molecule has 1 saturated heterocycles. The Kier molecular flexibility index (Phi) is 6.48. The minimum atomic E-state index is -4.29. The summed E-state index contributed by atoms with van der Waals surface area (Å²) >= 11 is 7.65. The second-order valence-corrected chi connectivity index (χ2v) is 8.07. The van der Waals surface area contributed by atoms with Crippen LogP contribution in [0, 0.1) is 0 Å². The molecule has 1 aliphatic heterocycles. The van der Waals surface area contributed by atoms with E-state index < -0.39 is 11.7 Å². The largest absolute Gasteiger partial charge is 0.416 e. The zero-order valence-corrected chi connectivity index (χ0v) is 15.7. The smallest absolute Gasteiger partial charge is 0.303 e. The number of halogens is 4. The molecule has 1 aromatic heterocycles. The second-order valence-electron chi connectivity index (χ2n) is 6.36. The Morgan fingerprint density at radius 3 is 2.50 bits per heavy atom. The maximum absolute atomic E-state index is 13.1. The number of alkyl halides is 3. The van der Waals surface area contributed by atoms with Crippen molar-refractivity contribution < 1.29 is 13.2 Å². The quantitative estimate of drug-likeness (QED) is 0.612. The number of benzene rings is 1. The van der Waals surface area contributed by atoms with Crippen LogP contribution in [0.3, 0.4) is 0 Å². The van der Waals surface area contributed by atoms with Crippen LogP contribution in [0.15, 0.2) is 47.5 Å². The van der Waals surface area contributed by atoms with E-state index in [1.165, 1.54) is 6.07 Å². The van der Waals surface area contributed by atoms with Crippen molar-refractivity contribution in [2.75, 3.05) is 19.6 Å². The SMILES string of the molecule is FC(F)(F)c1ccccc1CCN1CCC(Sc2cccc(Cl)n2)CC1. The standard InChI is InChI=1S/C19H20ClF3N2S/c20-17-6-3-7-18(24-17)26-15-9-12-25(13-10-15)11-8-14-4-1-2-5-16(14)19(21,22)23/h1-7,15H,8-13H2. The lowest BCUT2D eigenvalue weighted by Crippen LogP contribution is -2.36. The van der Waals surface area contributed by atoms with Gasteiger partial charge in [-0.15, -0.1) is 11.8 Å². The van der Waals surface area contributed by atoms with Gasteiger partial charge in [0.25, 0.3) is 0 Å². The van der Waals surface area contributed by atoms with Crippen LogP contribution in [0.1, 0.15) is 24.0 Å². The molecule has 0 bridgehead atoms. The molecule has 0 radical (unpaired) electrons. The van der Waals surface area contributed by atoms with Crippen molar-refractivity contribution in [1.29, 1.82) is 0 Å². The third-order valence-electron chi connectivity index (χ3n) is 4.53. The molecule has 26 heavy (non-hydrogen) atoms. The molecule has 2 heterocycles. The van der Waals surface area contributed by atoms with E-state index in [4.69, 9.17) is 11.6 Å². The minimum absolute atomic E-state index is 0.375. The molecule has 0 N–H and O–H groups in total. The summed E-state index contributed by atoms with van der Waals surface area (Å²) in [4.78, 5) is 6.55. The average Bonchev–Trinajstić information content (AvgIpc) is 2.61. The van der Waals surface area contributed by atoms with Crippen molar-refractivity contribution >= 4 is 23.4 Å². The summed E-state index contributed by atoms with van der Waals surface area (Å²) in [7, 11) is 0. The third-order valence-corrected chi connectivity index (χ3v) is 6.02. The first-order chi connectivity index (χ1) is 12.4. The lowest BCUT2D eigenvalue weighted by molar-refractivity contribution is -0.138. The molecule has 1 fully saturated rings. The molecule has 1 aliphatic rings. The van der Waals surface area contributed by atoms with Crippen molar-refractivity contribution in [3.8, 4) is 0 Å². The van der Waals surface area contributed by atoms with Crippen LogP contribution in [0.25, 0.3) is 0 Å². The van der Waals surface area contributed by atoms with Gasteiger partial charge in [0.05, 0.1) is 10.6 Å². The third kappa shape index (κ3) is 5.38. The number of piperidine rings is 1. The zero-order chi connectivity index (χ0) is 18.6. The fourth-order valence-corrected chi connectivity index (χ4v) is 4.48. The molecule has 0 atom stereocenters. The van der Waals surface area contributed by atoms with Gasteiger partial charge >= 0.3 is 6.18 Å². The summed E-state index contributed by atoms with van der Waals surface area (Å²) < 4.78 is 39.2. The Balaban J connectivity index is 1.49. The maximum atomic E-state index is 13.1. The monoisotopic (exact) mass is 400 g/mol. The Hall–Kier alpha value is -1.24. The molecular formula is C19H20ClF3N2S. The molecule has 3 rings (SSSR count). The molecule has 7 heteroatoms. The molecule has 2 aromatic rings. The summed E-state index contributed by atoms with van der Waals surface area (Å²) in [5.74, 6) is 0. The molecule has 0 saturated carbocycles. The van der Waals surface area contributed by atoms with Crippen molar-refractivity contribution in [2.45, 2.75) is 35.7 Å². The van der Waals surface area contributed by atoms with Gasteiger partial charge in [0.1, 0.15) is 5.15 Å². The van der Waals surface area contributed by atoms with E-state index in [2.05, 4.69) is 9.88 Å². The van der Waals surface area contributed by atoms with Crippen LogP contribution in [-0.2, 0) is 12.6 Å². The maximum Gasteiger partial charge on any atom is 0.416 e. The molecule has 0 aliphatic carbocycles. The van der Waals surface area contributed by atoms with E-state index in [1.807, 2.05) is 12.1 Å². The summed E-state index contributed by atoms with van der Waals surface area (Å²) in [5, 5.41) is 1.89. The molecule has 0 spiro atoms. The number of thioether (sulfide) groups is 1. The molecule has 1 aromatic carbocycles. The van der Waals surface area contributed by atoms with Gasteiger partial charge in [-0.25, -0.2) is 4.98 Å². The topological polar surface area (TPSA) is 16.1 Å². The van der Waals surface area contributed by atoms with Crippen LogP contribution in [-0.4, -0.2) is 34.8 Å². The number of aromatic nitrogens is 1. The van der Waals surface area contributed by atoms with E-state index >= 15 is 0 Å². The molecule has 0 unspecified atom stereocenters. The predicted octanol–water partition coefficient (Wildman–Crippen LogP) is 5.55. The summed E-state index contributed by atoms with van der Waals surface area (Å²) in [5.41, 5.74) is -0.142. The van der Waals surface area contributed by atoms with E-state index in [1.54, 1.807) is 30.0 Å². The lowest BCUT2D eigenvalue weighted by atomic mass is 10.0. The van der Waals surface area contributed by atoms with Gasteiger partial charge in [-0.05, 0) is 56.1 Å². The van der Waals surface area contributed by atoms with E-state index in [0.29, 0.717) is 28.9 Å². The zero-order valence-electron chi connectivity index (χ0n) is 14.2. The fourth-order valence-electron chi connectivity index (χ4n) is 3.17. The Labute approximate surface area is 160 Å². The Morgan fingerprint density at radius 2 is 1.81 bits per heavy atom. The fraction of sp³-hybridized carbons (Fsp3) is 0.421. The molecule has 140 valence electrons. The first-order valence-corrected chi connectivity index (χ1v) is 9.84. The highest BCUT2D eigenvalue weighted by Crippen LogP contribution is 2.33. The van der Waals surface area contributed by atoms with Gasteiger partial charge in [-0.1, -0.05) is 35.9 Å². The van der Waals surface area contributed by atoms with Crippen molar-refractivity contribution in [2.24, 2.45) is 0 Å².